The standard InChI is InChI=1S/C33H41BrN4O5.C26H37N5O2.C16H24N2O.C16H25NO/c1-17(2)12-25-30(40)37-11-7-10-27(37)33(42)38(25)31(41)32(43-33,18(3)4)15-26(39)19-13-21-20-8-6-9-23-28(20)22(29(34)35-23)14-24(21)36(5)16-19;1-5-11-30-17-19(25(32)31(26(33)27-6-2)13-8-12-29(3)4)14-21-20-9-7-10-22-24(20)18(16-28-22)15-23(21)30;1-3-9-18(10-4-2)11-8-13-6-5-7-15-14(13)12-16(19)17-15;1-3-10-17(11-4-2)14-8-9-15-13(12-14)6-5-7-16(15)18/h6,8-9,13,17-19,24-25,27,35,42H,7,10-12,14-16H2,1-5H3;5,7,9-10,16,19,21,23,28H,1,6,8,11-15,17H2,2-4H3,(H,27,33);5-7H,3-4,8-12H2,1-2H3,(H,17,19);5-7,14,18H,3-4,8-12H2,1-2H3/t19-,24-,25+,27+,32-,33+;19-,21?,23-;;/m11../s1. The normalized spacial score (nSPS) is 24.7. The van der Waals surface area contributed by atoms with E-state index in [9.17, 15) is 39.0 Å². The third-order valence-corrected chi connectivity index (χ3v) is 26.1. The average molecular weight is 1610 g/mol. The van der Waals surface area contributed by atoms with E-state index in [0.29, 0.717) is 69.8 Å². The number of ketones is 1. The number of imide groups is 1. The monoisotopic (exact) mass is 1610 g/mol. The molecule has 0 bridgehead atoms. The Labute approximate surface area is 679 Å². The number of nitrogens with zero attached hydrogens (tertiary/aromatic N) is 8. The van der Waals surface area contributed by atoms with Gasteiger partial charge in [0.05, 0.1) is 16.9 Å². The van der Waals surface area contributed by atoms with Crippen molar-refractivity contribution in [2.75, 3.05) is 105 Å². The molecule has 8 heterocycles. The molecule has 612 valence electrons. The largest absolute Gasteiger partial charge is 0.508 e. The van der Waals surface area contributed by atoms with E-state index >= 15 is 0 Å². The molecule has 113 heavy (non-hydrogen) atoms. The fourth-order valence-electron chi connectivity index (χ4n) is 20.0. The number of nitrogens with one attached hydrogen (secondary N) is 4. The fraction of sp³-hybridized carbons (Fsp3) is 0.582. The molecule has 4 aromatic carbocycles. The summed E-state index contributed by atoms with van der Waals surface area (Å²) in [4.78, 5) is 104. The van der Waals surface area contributed by atoms with Crippen LogP contribution in [0.15, 0.2) is 102 Å². The molecule has 2 aromatic heterocycles. The van der Waals surface area contributed by atoms with Crippen LogP contribution in [-0.2, 0) is 67.2 Å². The Morgan fingerprint density at radius 3 is 2.25 bits per heavy atom. The number of anilines is 1. The maximum Gasteiger partial charge on any atom is 0.324 e. The van der Waals surface area contributed by atoms with Crippen LogP contribution >= 0.6 is 15.9 Å². The highest BCUT2D eigenvalue weighted by Crippen LogP contribution is 2.52. The molecule has 6 aromatic rings. The number of phenols is 1. The van der Waals surface area contributed by atoms with Gasteiger partial charge in [-0.2, -0.15) is 0 Å². The smallest absolute Gasteiger partial charge is 0.324 e. The molecular weight excluding hydrogens is 1480 g/mol. The lowest BCUT2D eigenvalue weighted by atomic mass is 9.72. The summed E-state index contributed by atoms with van der Waals surface area (Å²) >= 11 is 3.71. The molecule has 22 heteroatoms. The molecule has 4 saturated heterocycles. The van der Waals surface area contributed by atoms with E-state index in [1.54, 1.807) is 4.90 Å². The number of likely N-dealkylation sites (N-methyl/N-ethyl adjacent to an activating group) is 1. The van der Waals surface area contributed by atoms with Gasteiger partial charge >= 0.3 is 6.03 Å². The van der Waals surface area contributed by atoms with Crippen LogP contribution in [-0.4, -0.2) is 236 Å². The number of aliphatic hydroxyl groups is 1. The number of rotatable bonds is 26. The van der Waals surface area contributed by atoms with E-state index in [-0.39, 0.29) is 59.8 Å². The highest BCUT2D eigenvalue weighted by atomic mass is 79.9. The number of Topliss-reactive ketones (excluding diaryl/α,β-unsaturated/α-hetero) is 1. The highest BCUT2D eigenvalue weighted by Gasteiger charge is 2.71. The van der Waals surface area contributed by atoms with Gasteiger partial charge in [-0.05, 0) is 259 Å². The van der Waals surface area contributed by atoms with E-state index in [1.807, 2.05) is 85.1 Å². The minimum absolute atomic E-state index is 0.0562. The number of phenolic OH excluding ortho intramolecular Hbond substituents is 1. The van der Waals surface area contributed by atoms with Crippen LogP contribution in [0.1, 0.15) is 183 Å². The molecule has 15 rings (SSSR count). The van der Waals surface area contributed by atoms with Crippen LogP contribution < -0.4 is 10.6 Å². The number of amides is 6. The van der Waals surface area contributed by atoms with Crippen LogP contribution in [0.3, 0.4) is 0 Å². The summed E-state index contributed by atoms with van der Waals surface area (Å²) in [7, 11) is 6.07. The summed E-state index contributed by atoms with van der Waals surface area (Å²) in [6.07, 6.45) is 20.8. The lowest BCUT2D eigenvalue weighted by Crippen LogP contribution is -2.71. The Kier molecular flexibility index (Phi) is 27.9. The number of carbonyl (C=O) groups excluding carboxylic acids is 6. The molecule has 10 atom stereocenters. The predicted octanol–water partition coefficient (Wildman–Crippen LogP) is 13.5. The topological polar surface area (TPSA) is 234 Å². The lowest BCUT2D eigenvalue weighted by Gasteiger charge is -2.49. The molecule has 6 amide bonds. The second kappa shape index (κ2) is 37.2. The number of aromatic nitrogens is 2. The maximum atomic E-state index is 14.5. The van der Waals surface area contributed by atoms with Crippen molar-refractivity contribution in [1.29, 1.82) is 0 Å². The van der Waals surface area contributed by atoms with Gasteiger partial charge in [-0.1, -0.05) is 116 Å². The minimum Gasteiger partial charge on any atom is -0.508 e. The number of hydrogen-bond acceptors (Lipinski definition) is 14. The van der Waals surface area contributed by atoms with Gasteiger partial charge in [0.15, 0.2) is 5.60 Å². The summed E-state index contributed by atoms with van der Waals surface area (Å²) in [6, 6.07) is 24.3. The zero-order valence-electron chi connectivity index (χ0n) is 69.4. The number of H-pyrrole nitrogens is 2. The zero-order valence-corrected chi connectivity index (χ0v) is 70.9. The Morgan fingerprint density at radius 2 is 1.54 bits per heavy atom. The molecular formula is C91H127BrN12O9. The van der Waals surface area contributed by atoms with Gasteiger partial charge in [-0.25, -0.2) is 4.79 Å². The summed E-state index contributed by atoms with van der Waals surface area (Å²) in [5.74, 6) is -2.72. The molecule has 9 aliphatic rings. The SMILES string of the molecule is C=CCN1C[C@H](C(=O)N(CCCN(C)C)C(=O)NCC)CC2c3cccc4[nH]cc(c34)C[C@H]21.CC(C)C[C@H]1C(=O)N2CCC[C@H]2[C@]2(O)O[C@](CC(=O)[C@@H]3C=C4c5cccc6[nH]c(Br)c(c56)C[C@H]4N(C)C3)(C(C)C)C(=O)N12.CCCN(CCC)C1CCc2c(O)cccc2C1.CCCN(CCC)CCc1cccc2c1CC(=O)N2. The summed E-state index contributed by atoms with van der Waals surface area (Å²) < 4.78 is 7.55. The fourth-order valence-corrected chi connectivity index (χ4v) is 20.6. The minimum atomic E-state index is -1.95. The molecule has 6 aliphatic heterocycles. The molecule has 0 radical (unpaired) electrons. The summed E-state index contributed by atoms with van der Waals surface area (Å²) in [5.41, 5.74) is 12.9. The molecule has 4 fully saturated rings. The Morgan fingerprint density at radius 1 is 0.814 bits per heavy atom. The first kappa shape index (κ1) is 84.8. The van der Waals surface area contributed by atoms with Crippen molar-refractivity contribution in [2.45, 2.75) is 219 Å². The van der Waals surface area contributed by atoms with E-state index in [0.717, 1.165) is 103 Å². The van der Waals surface area contributed by atoms with Crippen molar-refractivity contribution in [3.63, 3.8) is 0 Å². The van der Waals surface area contributed by atoms with Crippen molar-refractivity contribution in [3.05, 3.63) is 147 Å². The Bertz CT molecular complexity index is 4420. The first-order chi connectivity index (χ1) is 54.3. The van der Waals surface area contributed by atoms with Crippen LogP contribution in [0.25, 0.3) is 27.4 Å². The number of urea groups is 1. The number of piperidine rings is 1. The Balaban J connectivity index is 0.000000149. The molecule has 0 saturated carbocycles. The van der Waals surface area contributed by atoms with Gasteiger partial charge in [0.1, 0.15) is 23.6 Å². The van der Waals surface area contributed by atoms with E-state index < -0.39 is 41.3 Å². The number of benzene rings is 4. The molecule has 6 N–H and O–H groups in total. The summed E-state index contributed by atoms with van der Waals surface area (Å²) in [6.45, 7) is 32.6. The zero-order chi connectivity index (χ0) is 80.7. The number of piperazine rings is 1. The van der Waals surface area contributed by atoms with Crippen molar-refractivity contribution in [3.8, 4) is 5.75 Å². The average Bonchev–Trinajstić information content (AvgIpc) is 1.53. The number of ether oxygens (including phenoxy) is 1. The van der Waals surface area contributed by atoms with E-state index in [1.165, 1.54) is 118 Å². The van der Waals surface area contributed by atoms with Crippen LogP contribution in [0.2, 0.25) is 0 Å². The van der Waals surface area contributed by atoms with Gasteiger partial charge in [-0.15, -0.1) is 6.58 Å². The number of hydrogen-bond donors (Lipinski definition) is 6. The van der Waals surface area contributed by atoms with Crippen molar-refractivity contribution in [2.24, 2.45) is 23.7 Å². The van der Waals surface area contributed by atoms with Gasteiger partial charge in [0.25, 0.3) is 11.8 Å². The summed E-state index contributed by atoms with van der Waals surface area (Å²) in [5, 5.41) is 30.3. The number of halogens is 1. The highest BCUT2D eigenvalue weighted by molar-refractivity contribution is 9.10. The maximum absolute atomic E-state index is 14.5. The number of aromatic hydroxyl groups is 1. The third kappa shape index (κ3) is 17.8. The number of fused-ring (bicyclic) bond motifs is 9. The van der Waals surface area contributed by atoms with Gasteiger partial charge < -0.3 is 55.2 Å². The molecule has 21 nitrogen and oxygen atoms in total. The van der Waals surface area contributed by atoms with E-state index in [4.69, 9.17) is 4.74 Å². The third-order valence-electron chi connectivity index (χ3n) is 25.4. The lowest BCUT2D eigenvalue weighted by molar-refractivity contribution is -0.319. The number of likely N-dealkylation sites (tertiary alicyclic amines) is 1. The van der Waals surface area contributed by atoms with E-state index in [2.05, 4.69) is 157 Å². The second-order valence-electron chi connectivity index (χ2n) is 34.2. The van der Waals surface area contributed by atoms with Crippen LogP contribution in [0.5, 0.6) is 5.75 Å². The van der Waals surface area contributed by atoms with Crippen molar-refractivity contribution >= 4 is 84.4 Å². The molecule has 3 aliphatic carbocycles. The second-order valence-corrected chi connectivity index (χ2v) is 35.0. The quantitative estimate of drug-likeness (QED) is 0.0277. The van der Waals surface area contributed by atoms with Crippen molar-refractivity contribution < 1.29 is 43.7 Å². The number of carbonyl (C=O) groups is 6. The number of aromatic amines is 2. The van der Waals surface area contributed by atoms with Crippen molar-refractivity contribution in [1.82, 2.24) is 54.5 Å². The Hall–Kier alpha value is -7.54. The first-order valence-corrected chi connectivity index (χ1v) is 43.3. The molecule has 2 unspecified atom stereocenters. The van der Waals surface area contributed by atoms with Gasteiger partial charge in [0.2, 0.25) is 17.7 Å². The van der Waals surface area contributed by atoms with Crippen LogP contribution in [0, 0.1) is 23.7 Å². The van der Waals surface area contributed by atoms with Gasteiger partial charge in [-0.3, -0.25) is 43.6 Å². The van der Waals surface area contributed by atoms with Crippen LogP contribution in [0.4, 0.5) is 10.5 Å². The first-order valence-electron chi connectivity index (χ1n) is 42.5. The molecule has 0 spiro atoms. The van der Waals surface area contributed by atoms with Gasteiger partial charge in [0, 0.05) is 116 Å². The predicted molar refractivity (Wildman–Crippen MR) is 454 cm³/mol.